The van der Waals surface area contributed by atoms with Crippen LogP contribution in [-0.4, -0.2) is 34.4 Å². The fourth-order valence-electron chi connectivity index (χ4n) is 3.41. The number of ether oxygens (including phenoxy) is 1. The first-order chi connectivity index (χ1) is 15.3. The molecule has 0 fully saturated rings. The molecule has 2 aromatic carbocycles. The number of fused-ring (bicyclic) bond motifs is 1. The highest BCUT2D eigenvalue weighted by Crippen LogP contribution is 2.34. The van der Waals surface area contributed by atoms with E-state index in [9.17, 15) is 19.7 Å². The molecule has 1 aromatic heterocycles. The molecule has 0 bridgehead atoms. The molecule has 1 unspecified atom stereocenters. The van der Waals surface area contributed by atoms with Gasteiger partial charge in [-0.15, -0.1) is 11.3 Å². The van der Waals surface area contributed by atoms with Gasteiger partial charge in [0.05, 0.1) is 16.3 Å². The number of nitrogens with zero attached hydrogens (tertiary/aromatic N) is 3. The lowest BCUT2D eigenvalue weighted by molar-refractivity contribution is -0.385. The van der Waals surface area contributed by atoms with Crippen molar-refractivity contribution in [3.8, 4) is 17.0 Å². The van der Waals surface area contributed by atoms with Crippen molar-refractivity contribution in [2.45, 2.75) is 26.4 Å². The van der Waals surface area contributed by atoms with Gasteiger partial charge in [-0.05, 0) is 26.0 Å². The number of hydrogen-bond donors (Lipinski definition) is 1. The number of aromatic nitrogens is 1. The summed E-state index contributed by atoms with van der Waals surface area (Å²) in [6.45, 7) is 3.56. The number of carbonyl (C=O) groups excluding carboxylic acids is 2. The van der Waals surface area contributed by atoms with Gasteiger partial charge in [0, 0.05) is 35.5 Å². The van der Waals surface area contributed by atoms with Crippen molar-refractivity contribution in [3.63, 3.8) is 0 Å². The Morgan fingerprint density at radius 2 is 2.09 bits per heavy atom. The minimum Gasteiger partial charge on any atom is -0.479 e. The number of aryl methyl sites for hydroxylation is 1. The first-order valence-electron chi connectivity index (χ1n) is 9.91. The predicted molar refractivity (Wildman–Crippen MR) is 121 cm³/mol. The largest absolute Gasteiger partial charge is 0.479 e. The van der Waals surface area contributed by atoms with Gasteiger partial charge in [0.2, 0.25) is 5.91 Å². The number of para-hydroxylation sites is 2. The van der Waals surface area contributed by atoms with Crippen molar-refractivity contribution in [2.24, 2.45) is 0 Å². The van der Waals surface area contributed by atoms with Gasteiger partial charge in [0.1, 0.15) is 5.75 Å². The highest BCUT2D eigenvalue weighted by atomic mass is 32.1. The van der Waals surface area contributed by atoms with Crippen molar-refractivity contribution in [3.05, 3.63) is 63.5 Å². The van der Waals surface area contributed by atoms with Crippen LogP contribution in [-0.2, 0) is 9.59 Å². The molecule has 10 heteroatoms. The molecule has 32 heavy (non-hydrogen) atoms. The summed E-state index contributed by atoms with van der Waals surface area (Å²) < 4.78 is 5.61. The minimum absolute atomic E-state index is 0.0192. The van der Waals surface area contributed by atoms with Crippen molar-refractivity contribution < 1.29 is 19.2 Å². The first-order valence-corrected chi connectivity index (χ1v) is 10.8. The lowest BCUT2D eigenvalue weighted by Gasteiger charge is -2.32. The van der Waals surface area contributed by atoms with Crippen LogP contribution < -0.4 is 15.0 Å². The number of carbonyl (C=O) groups is 2. The molecular weight excluding hydrogens is 432 g/mol. The molecule has 0 saturated heterocycles. The molecule has 0 radical (unpaired) electrons. The van der Waals surface area contributed by atoms with Gasteiger partial charge in [-0.25, -0.2) is 4.98 Å². The van der Waals surface area contributed by atoms with Crippen molar-refractivity contribution in [1.82, 2.24) is 4.98 Å². The third-order valence-corrected chi connectivity index (χ3v) is 5.85. The van der Waals surface area contributed by atoms with Crippen molar-refractivity contribution in [2.75, 3.05) is 16.8 Å². The molecule has 1 aliphatic heterocycles. The number of amides is 2. The standard InChI is InChI=1S/C22H20N4O5S/c1-13-7-8-15(11-18(13)26(29)30)16-12-32-22(23-16)24-20(27)9-10-25-17-5-3-4-6-19(17)31-14(2)21(25)28/h3-8,11-12,14H,9-10H2,1-2H3,(H,23,24,27). The highest BCUT2D eigenvalue weighted by Gasteiger charge is 2.31. The van der Waals surface area contributed by atoms with E-state index in [4.69, 9.17) is 4.74 Å². The Morgan fingerprint density at radius 3 is 2.88 bits per heavy atom. The summed E-state index contributed by atoms with van der Waals surface area (Å²) >= 11 is 1.23. The molecule has 1 N–H and O–H groups in total. The number of nitro benzene ring substituents is 1. The van der Waals surface area contributed by atoms with Crippen LogP contribution in [0.5, 0.6) is 5.75 Å². The molecule has 1 atom stereocenters. The monoisotopic (exact) mass is 452 g/mol. The van der Waals surface area contributed by atoms with Crippen LogP contribution in [0.3, 0.4) is 0 Å². The van der Waals surface area contributed by atoms with Crippen LogP contribution in [0.1, 0.15) is 18.9 Å². The number of thiazole rings is 1. The lowest BCUT2D eigenvalue weighted by atomic mass is 10.1. The number of nitrogens with one attached hydrogen (secondary N) is 1. The van der Waals surface area contributed by atoms with E-state index in [1.165, 1.54) is 17.4 Å². The molecule has 3 aromatic rings. The Morgan fingerprint density at radius 1 is 1.31 bits per heavy atom. The zero-order valence-corrected chi connectivity index (χ0v) is 18.2. The number of nitro groups is 1. The molecule has 9 nitrogen and oxygen atoms in total. The summed E-state index contributed by atoms with van der Waals surface area (Å²) in [6.07, 6.45) is -0.536. The number of benzene rings is 2. The van der Waals surface area contributed by atoms with Gasteiger partial charge in [-0.3, -0.25) is 19.7 Å². The molecule has 0 aliphatic carbocycles. The van der Waals surface area contributed by atoms with Crippen LogP contribution >= 0.6 is 11.3 Å². The first kappa shape index (κ1) is 21.4. The second kappa shape index (κ2) is 8.75. The van der Waals surface area contributed by atoms with E-state index in [1.807, 2.05) is 12.1 Å². The minimum atomic E-state index is -0.618. The molecule has 2 amide bonds. The highest BCUT2D eigenvalue weighted by molar-refractivity contribution is 7.14. The van der Waals surface area contributed by atoms with E-state index in [1.54, 1.807) is 48.4 Å². The third-order valence-electron chi connectivity index (χ3n) is 5.09. The van der Waals surface area contributed by atoms with Crippen molar-refractivity contribution >= 4 is 39.7 Å². The fourth-order valence-corrected chi connectivity index (χ4v) is 4.15. The number of anilines is 2. The maximum absolute atomic E-state index is 12.5. The van der Waals surface area contributed by atoms with E-state index in [2.05, 4.69) is 10.3 Å². The van der Waals surface area contributed by atoms with Crippen LogP contribution in [0.25, 0.3) is 11.3 Å². The molecular formula is C22H20N4O5S. The Labute approximate surface area is 187 Å². The van der Waals surface area contributed by atoms with Gasteiger partial charge in [0.15, 0.2) is 11.2 Å². The predicted octanol–water partition coefficient (Wildman–Crippen LogP) is 4.17. The average molecular weight is 452 g/mol. The summed E-state index contributed by atoms with van der Waals surface area (Å²) in [4.78, 5) is 41.7. The zero-order chi connectivity index (χ0) is 22.8. The van der Waals surface area contributed by atoms with Gasteiger partial charge in [-0.2, -0.15) is 0 Å². The van der Waals surface area contributed by atoms with E-state index < -0.39 is 11.0 Å². The Balaban J connectivity index is 1.42. The Bertz CT molecular complexity index is 1210. The zero-order valence-electron chi connectivity index (χ0n) is 17.4. The second-order valence-corrected chi connectivity index (χ2v) is 8.17. The summed E-state index contributed by atoms with van der Waals surface area (Å²) in [5, 5.41) is 16.0. The number of hydrogen-bond acceptors (Lipinski definition) is 7. The van der Waals surface area contributed by atoms with Crippen molar-refractivity contribution in [1.29, 1.82) is 0 Å². The summed E-state index contributed by atoms with van der Waals surface area (Å²) in [6, 6.07) is 12.1. The number of rotatable bonds is 6. The van der Waals surface area contributed by atoms with Gasteiger partial charge in [0.25, 0.3) is 11.6 Å². The maximum atomic E-state index is 12.5. The Kier molecular flexibility index (Phi) is 5.87. The second-order valence-electron chi connectivity index (χ2n) is 7.31. The quantitative estimate of drug-likeness (QED) is 0.443. The van der Waals surface area contributed by atoms with Gasteiger partial charge >= 0.3 is 0 Å². The maximum Gasteiger partial charge on any atom is 0.272 e. The Hall–Kier alpha value is -3.79. The normalized spacial score (nSPS) is 15.1. The third kappa shape index (κ3) is 4.30. The molecule has 4 rings (SSSR count). The molecule has 2 heterocycles. The molecule has 164 valence electrons. The van der Waals surface area contributed by atoms with Crippen LogP contribution in [0.15, 0.2) is 47.8 Å². The summed E-state index contributed by atoms with van der Waals surface area (Å²) in [5.41, 5.74) is 2.37. The molecule has 0 saturated carbocycles. The lowest BCUT2D eigenvalue weighted by Crippen LogP contribution is -2.45. The SMILES string of the molecule is Cc1ccc(-c2csc(NC(=O)CCN3C(=O)C(C)Oc4ccccc43)n2)cc1[N+](=O)[O-]. The topological polar surface area (TPSA) is 115 Å². The molecule has 0 spiro atoms. The van der Waals surface area contributed by atoms with Gasteiger partial charge in [-0.1, -0.05) is 24.3 Å². The summed E-state index contributed by atoms with van der Waals surface area (Å²) in [5.74, 6) is 0.121. The van der Waals surface area contributed by atoms with E-state index in [0.29, 0.717) is 33.4 Å². The fraction of sp³-hybridized carbons (Fsp3) is 0.227. The average Bonchev–Trinajstić information content (AvgIpc) is 3.22. The smallest absolute Gasteiger partial charge is 0.272 e. The van der Waals surface area contributed by atoms with Crippen LogP contribution in [0.2, 0.25) is 0 Å². The van der Waals surface area contributed by atoms with Crippen LogP contribution in [0.4, 0.5) is 16.5 Å². The molecule has 1 aliphatic rings. The van der Waals surface area contributed by atoms with E-state index in [-0.39, 0.29) is 30.5 Å². The van der Waals surface area contributed by atoms with E-state index in [0.717, 1.165) is 0 Å². The van der Waals surface area contributed by atoms with Crippen LogP contribution in [0, 0.1) is 17.0 Å². The van der Waals surface area contributed by atoms with E-state index >= 15 is 0 Å². The van der Waals surface area contributed by atoms with Gasteiger partial charge < -0.3 is 15.0 Å². The summed E-state index contributed by atoms with van der Waals surface area (Å²) in [7, 11) is 0.